The minimum Gasteiger partial charge on any atom is -0.433 e. The highest BCUT2D eigenvalue weighted by Crippen LogP contribution is 2.36. The number of carbonyl (C=O) groups is 1. The van der Waals surface area contributed by atoms with E-state index in [0.29, 0.717) is 36.4 Å². The van der Waals surface area contributed by atoms with Crippen LogP contribution >= 0.6 is 0 Å². The van der Waals surface area contributed by atoms with Crippen molar-refractivity contribution >= 4 is 17.3 Å². The van der Waals surface area contributed by atoms with Crippen molar-refractivity contribution < 1.29 is 23.0 Å². The number of ether oxygens (including phenoxy) is 2. The minimum atomic E-state index is -3.04. The van der Waals surface area contributed by atoms with Gasteiger partial charge >= 0.3 is 6.61 Å². The zero-order valence-electron chi connectivity index (χ0n) is 19.6. The Labute approximate surface area is 197 Å². The van der Waals surface area contributed by atoms with E-state index in [0.717, 1.165) is 12.0 Å². The van der Waals surface area contributed by atoms with Gasteiger partial charge in [-0.05, 0) is 57.8 Å². The summed E-state index contributed by atoms with van der Waals surface area (Å²) in [6.07, 6.45) is 1.36. The monoisotopic (exact) mass is 467 g/mol. The summed E-state index contributed by atoms with van der Waals surface area (Å²) in [6, 6.07) is 10.0. The fourth-order valence-electron chi connectivity index (χ4n) is 4.18. The van der Waals surface area contributed by atoms with Crippen LogP contribution in [0, 0.1) is 17.3 Å². The van der Waals surface area contributed by atoms with Crippen LogP contribution in [0.2, 0.25) is 0 Å². The molecule has 8 heteroatoms. The summed E-state index contributed by atoms with van der Waals surface area (Å²) in [6.45, 7) is 2.21. The number of para-hydroxylation sites is 1. The van der Waals surface area contributed by atoms with Crippen LogP contribution in [0.5, 0.6) is 5.75 Å². The Bertz CT molecular complexity index is 1270. The number of carbonyl (C=O) groups excluding carboxylic acids is 1. The number of fused-ring (bicyclic) bond motifs is 1. The molecular weight excluding hydrogens is 440 g/mol. The Morgan fingerprint density at radius 1 is 1.29 bits per heavy atom. The molecule has 2 aromatic carbocycles. The zero-order valence-corrected chi connectivity index (χ0v) is 19.6. The molecule has 0 N–H and O–H groups in total. The molecule has 0 radical (unpaired) electrons. The van der Waals surface area contributed by atoms with E-state index in [1.165, 1.54) is 12.1 Å². The largest absolute Gasteiger partial charge is 0.433 e. The highest BCUT2D eigenvalue weighted by Gasteiger charge is 2.31. The third-order valence-electron chi connectivity index (χ3n) is 5.94. The molecule has 0 aliphatic carbocycles. The fourth-order valence-corrected chi connectivity index (χ4v) is 4.18. The molecule has 2 heterocycles. The lowest BCUT2D eigenvalue weighted by molar-refractivity contribution is -0.0648. The molecular formula is C26H27F2N3O3. The predicted octanol–water partition coefficient (Wildman–Crippen LogP) is 4.84. The first kappa shape index (κ1) is 23.9. The van der Waals surface area contributed by atoms with Gasteiger partial charge < -0.3 is 9.47 Å². The summed E-state index contributed by atoms with van der Waals surface area (Å²) in [5.74, 6) is 7.00. The highest BCUT2D eigenvalue weighted by molar-refractivity contribution is 5.87. The van der Waals surface area contributed by atoms with Crippen molar-refractivity contribution in [3.8, 4) is 23.3 Å². The number of benzene rings is 2. The molecule has 178 valence electrons. The van der Waals surface area contributed by atoms with E-state index in [9.17, 15) is 13.6 Å². The molecule has 1 saturated heterocycles. The van der Waals surface area contributed by atoms with Gasteiger partial charge in [0, 0.05) is 11.1 Å². The van der Waals surface area contributed by atoms with E-state index in [4.69, 9.17) is 14.5 Å². The molecule has 0 saturated carbocycles. The van der Waals surface area contributed by atoms with Crippen molar-refractivity contribution in [2.45, 2.75) is 32.9 Å². The number of nitrogens with zero attached hydrogens (tertiary/aromatic N) is 3. The second kappa shape index (κ2) is 9.53. The van der Waals surface area contributed by atoms with E-state index in [-0.39, 0.29) is 28.5 Å². The topological polar surface area (TPSA) is 56.6 Å². The smallest absolute Gasteiger partial charge is 0.387 e. The van der Waals surface area contributed by atoms with Gasteiger partial charge in [0.15, 0.2) is 12.0 Å². The van der Waals surface area contributed by atoms with Gasteiger partial charge in [0.1, 0.15) is 11.5 Å². The molecule has 1 aromatic heterocycles. The third kappa shape index (κ3) is 4.54. The van der Waals surface area contributed by atoms with Gasteiger partial charge in [0.05, 0.1) is 35.7 Å². The maximum atomic E-state index is 13.3. The SMILES string of the molecule is CC[C@H](c1nc2ccc(C#CC3(C)COC3)cc2n1-c1c(C=O)cccc1OC(F)F)N(C)C. The van der Waals surface area contributed by atoms with Crippen LogP contribution < -0.4 is 4.74 Å². The number of halogens is 2. The van der Waals surface area contributed by atoms with Crippen molar-refractivity contribution in [3.05, 3.63) is 53.3 Å². The molecule has 0 unspecified atom stereocenters. The molecule has 1 atom stereocenters. The molecule has 6 nitrogen and oxygen atoms in total. The van der Waals surface area contributed by atoms with Crippen LogP contribution in [-0.2, 0) is 4.74 Å². The molecule has 1 aliphatic rings. The fraction of sp³-hybridized carbons (Fsp3) is 0.385. The first-order valence-corrected chi connectivity index (χ1v) is 11.1. The third-order valence-corrected chi connectivity index (χ3v) is 5.94. The van der Waals surface area contributed by atoms with Crippen LogP contribution in [0.25, 0.3) is 16.7 Å². The van der Waals surface area contributed by atoms with Gasteiger partial charge in [-0.1, -0.05) is 24.8 Å². The average molecular weight is 468 g/mol. The number of alkyl halides is 2. The summed E-state index contributed by atoms with van der Waals surface area (Å²) in [4.78, 5) is 18.8. The van der Waals surface area contributed by atoms with E-state index in [1.807, 2.05) is 51.0 Å². The van der Waals surface area contributed by atoms with Gasteiger partial charge in [0.2, 0.25) is 0 Å². The summed E-state index contributed by atoms with van der Waals surface area (Å²) in [7, 11) is 3.86. The van der Waals surface area contributed by atoms with Gasteiger partial charge in [-0.15, -0.1) is 0 Å². The molecule has 1 fully saturated rings. The van der Waals surface area contributed by atoms with E-state index in [1.54, 1.807) is 10.6 Å². The van der Waals surface area contributed by atoms with E-state index >= 15 is 0 Å². The first-order valence-electron chi connectivity index (χ1n) is 11.1. The summed E-state index contributed by atoms with van der Waals surface area (Å²) in [5, 5.41) is 0. The Morgan fingerprint density at radius 2 is 2.06 bits per heavy atom. The van der Waals surface area contributed by atoms with Crippen molar-refractivity contribution in [2.24, 2.45) is 5.41 Å². The Kier molecular flexibility index (Phi) is 6.69. The van der Waals surface area contributed by atoms with Gasteiger partial charge in [-0.25, -0.2) is 4.98 Å². The predicted molar refractivity (Wildman–Crippen MR) is 126 cm³/mol. The van der Waals surface area contributed by atoms with Crippen LogP contribution in [0.4, 0.5) is 8.78 Å². The minimum absolute atomic E-state index is 0.0932. The Morgan fingerprint density at radius 3 is 2.65 bits per heavy atom. The van der Waals surface area contributed by atoms with Crippen molar-refractivity contribution in [3.63, 3.8) is 0 Å². The number of aromatic nitrogens is 2. The average Bonchev–Trinajstić information content (AvgIpc) is 3.13. The standard InChI is InChI=1S/C26H27F2N3O3/c1-5-20(30(3)4)24-29-19-10-9-17(11-12-26(2)15-33-16-26)13-21(19)31(24)23-18(14-32)7-6-8-22(23)34-25(27)28/h6-10,13-14,20,25H,5,15-16H2,1-4H3/t20-/m1/s1. The van der Waals surface area contributed by atoms with Gasteiger partial charge in [-0.3, -0.25) is 14.3 Å². The molecule has 4 rings (SSSR count). The van der Waals surface area contributed by atoms with Crippen molar-refractivity contribution in [2.75, 3.05) is 27.3 Å². The number of imidazole rings is 1. The zero-order chi connectivity index (χ0) is 24.5. The number of hydrogen-bond donors (Lipinski definition) is 0. The van der Waals surface area contributed by atoms with Gasteiger partial charge in [0.25, 0.3) is 0 Å². The Hall–Kier alpha value is -3.28. The molecule has 1 aliphatic heterocycles. The van der Waals surface area contributed by atoms with Crippen LogP contribution in [-0.4, -0.2) is 54.7 Å². The van der Waals surface area contributed by atoms with Crippen molar-refractivity contribution in [1.82, 2.24) is 14.5 Å². The first-order chi connectivity index (χ1) is 16.3. The lowest BCUT2D eigenvalue weighted by atomic mass is 9.89. The summed E-state index contributed by atoms with van der Waals surface area (Å²) >= 11 is 0. The van der Waals surface area contributed by atoms with Crippen LogP contribution in [0.3, 0.4) is 0 Å². The second-order valence-electron chi connectivity index (χ2n) is 8.89. The summed E-state index contributed by atoms with van der Waals surface area (Å²) < 4.78 is 38.4. The molecule has 34 heavy (non-hydrogen) atoms. The lowest BCUT2D eigenvalue weighted by Crippen LogP contribution is -2.38. The van der Waals surface area contributed by atoms with Crippen molar-refractivity contribution in [1.29, 1.82) is 0 Å². The molecule has 0 amide bonds. The molecule has 0 bridgehead atoms. The van der Waals surface area contributed by atoms with Gasteiger partial charge in [-0.2, -0.15) is 8.78 Å². The molecule has 0 spiro atoms. The quantitative estimate of drug-likeness (QED) is 0.368. The summed E-state index contributed by atoms with van der Waals surface area (Å²) in [5.41, 5.74) is 2.36. The normalized spacial score (nSPS) is 15.6. The maximum absolute atomic E-state index is 13.3. The lowest BCUT2D eigenvalue weighted by Gasteiger charge is -2.32. The van der Waals surface area contributed by atoms with E-state index < -0.39 is 6.61 Å². The van der Waals surface area contributed by atoms with E-state index in [2.05, 4.69) is 11.8 Å². The van der Waals surface area contributed by atoms with Crippen LogP contribution in [0.15, 0.2) is 36.4 Å². The molecule has 3 aromatic rings. The highest BCUT2D eigenvalue weighted by atomic mass is 19.3. The number of aldehydes is 1. The second-order valence-corrected chi connectivity index (χ2v) is 8.89. The number of rotatable bonds is 7. The maximum Gasteiger partial charge on any atom is 0.387 e. The number of hydrogen-bond acceptors (Lipinski definition) is 5. The van der Waals surface area contributed by atoms with Crippen LogP contribution in [0.1, 0.15) is 48.1 Å². The Balaban J connectivity index is 2.00.